The lowest BCUT2D eigenvalue weighted by molar-refractivity contribution is -0.131. The third-order valence-electron chi connectivity index (χ3n) is 2.91. The van der Waals surface area contributed by atoms with Crippen molar-refractivity contribution in [2.75, 3.05) is 0 Å². The van der Waals surface area contributed by atoms with E-state index in [2.05, 4.69) is 15.9 Å². The van der Waals surface area contributed by atoms with E-state index in [1.807, 2.05) is 24.3 Å². The van der Waals surface area contributed by atoms with Gasteiger partial charge in [-0.15, -0.1) is 0 Å². The average Bonchev–Trinajstić information content (AvgIpc) is 2.52. The van der Waals surface area contributed by atoms with Crippen LogP contribution in [0, 0.1) is 0 Å². The van der Waals surface area contributed by atoms with Gasteiger partial charge in [0.15, 0.2) is 5.78 Å². The fourth-order valence-corrected chi connectivity index (χ4v) is 2.03. The number of rotatable bonds is 5. The summed E-state index contributed by atoms with van der Waals surface area (Å²) in [7, 11) is 0. The van der Waals surface area contributed by atoms with E-state index in [1.54, 1.807) is 30.3 Å². The molecule has 2 rings (SSSR count). The standard InChI is InChI=1S/C18H13BrO3/c19-16-9-3-14(4-10-16)5-11-17(20)15-7-1-13(2-8-15)6-12-18(21)22/h1-12H,(H,21,22). The molecule has 0 atom stereocenters. The Labute approximate surface area is 136 Å². The normalized spacial score (nSPS) is 11.1. The molecule has 2 aromatic rings. The molecule has 4 heteroatoms. The second kappa shape index (κ2) is 7.52. The van der Waals surface area contributed by atoms with E-state index in [-0.39, 0.29) is 5.78 Å². The Morgan fingerprint density at radius 2 is 1.32 bits per heavy atom. The predicted molar refractivity (Wildman–Crippen MR) is 90.6 cm³/mol. The van der Waals surface area contributed by atoms with E-state index < -0.39 is 5.97 Å². The number of halogens is 1. The fourth-order valence-electron chi connectivity index (χ4n) is 1.77. The molecule has 0 saturated carbocycles. The van der Waals surface area contributed by atoms with Gasteiger partial charge in [0.05, 0.1) is 0 Å². The summed E-state index contributed by atoms with van der Waals surface area (Å²) in [6.07, 6.45) is 5.82. The Morgan fingerprint density at radius 3 is 1.86 bits per heavy atom. The molecule has 0 bridgehead atoms. The minimum atomic E-state index is -1.00. The van der Waals surface area contributed by atoms with Gasteiger partial charge in [-0.2, -0.15) is 0 Å². The topological polar surface area (TPSA) is 54.4 Å². The summed E-state index contributed by atoms with van der Waals surface area (Å²) < 4.78 is 0.987. The molecule has 0 radical (unpaired) electrons. The van der Waals surface area contributed by atoms with Crippen molar-refractivity contribution in [2.24, 2.45) is 0 Å². The number of carboxylic acids is 1. The zero-order chi connectivity index (χ0) is 15.9. The molecular weight excluding hydrogens is 344 g/mol. The number of carboxylic acid groups (broad SMARTS) is 1. The van der Waals surface area contributed by atoms with Crippen molar-refractivity contribution in [3.63, 3.8) is 0 Å². The number of benzene rings is 2. The van der Waals surface area contributed by atoms with Gasteiger partial charge in [-0.1, -0.05) is 58.4 Å². The van der Waals surface area contributed by atoms with E-state index in [0.717, 1.165) is 21.7 Å². The second-order valence-corrected chi connectivity index (χ2v) is 5.46. The number of hydrogen-bond acceptors (Lipinski definition) is 2. The number of hydrogen-bond donors (Lipinski definition) is 1. The van der Waals surface area contributed by atoms with Crippen LogP contribution < -0.4 is 0 Å². The van der Waals surface area contributed by atoms with Crippen LogP contribution in [-0.2, 0) is 4.79 Å². The Bertz CT molecular complexity index is 726. The Morgan fingerprint density at radius 1 is 0.818 bits per heavy atom. The van der Waals surface area contributed by atoms with Crippen molar-refractivity contribution >= 4 is 39.8 Å². The highest BCUT2D eigenvalue weighted by atomic mass is 79.9. The summed E-state index contributed by atoms with van der Waals surface area (Å²) >= 11 is 3.36. The summed E-state index contributed by atoms with van der Waals surface area (Å²) in [6.45, 7) is 0. The number of carbonyl (C=O) groups is 2. The maximum absolute atomic E-state index is 12.1. The highest BCUT2D eigenvalue weighted by Gasteiger charge is 2.01. The predicted octanol–water partition coefficient (Wildman–Crippen LogP) is 4.44. The van der Waals surface area contributed by atoms with E-state index in [4.69, 9.17) is 5.11 Å². The number of allylic oxidation sites excluding steroid dienone is 1. The zero-order valence-corrected chi connectivity index (χ0v) is 13.2. The van der Waals surface area contributed by atoms with E-state index >= 15 is 0 Å². The average molecular weight is 357 g/mol. The summed E-state index contributed by atoms with van der Waals surface area (Å²) in [5.74, 6) is -1.10. The van der Waals surface area contributed by atoms with Gasteiger partial charge in [-0.05, 0) is 35.4 Å². The van der Waals surface area contributed by atoms with Crippen molar-refractivity contribution in [1.29, 1.82) is 0 Å². The number of carbonyl (C=O) groups excluding carboxylic acids is 1. The smallest absolute Gasteiger partial charge is 0.328 e. The van der Waals surface area contributed by atoms with Crippen LogP contribution in [0.2, 0.25) is 0 Å². The number of aliphatic carboxylic acids is 1. The molecule has 0 aliphatic rings. The lowest BCUT2D eigenvalue weighted by Crippen LogP contribution is -1.93. The quantitative estimate of drug-likeness (QED) is 0.636. The highest BCUT2D eigenvalue weighted by molar-refractivity contribution is 9.10. The fraction of sp³-hybridized carbons (Fsp3) is 0. The van der Waals surface area contributed by atoms with Crippen molar-refractivity contribution in [3.05, 3.63) is 81.8 Å². The van der Waals surface area contributed by atoms with Crippen LogP contribution in [0.15, 0.2) is 65.2 Å². The molecule has 1 N–H and O–H groups in total. The first-order valence-corrected chi connectivity index (χ1v) is 7.33. The molecule has 0 aliphatic heterocycles. The van der Waals surface area contributed by atoms with Gasteiger partial charge < -0.3 is 5.11 Å². The first kappa shape index (κ1) is 15.9. The first-order chi connectivity index (χ1) is 10.5. The molecule has 0 spiro atoms. The molecule has 2 aromatic carbocycles. The third kappa shape index (κ3) is 4.82. The van der Waals surface area contributed by atoms with Gasteiger partial charge in [0.2, 0.25) is 0 Å². The molecule has 3 nitrogen and oxygen atoms in total. The highest BCUT2D eigenvalue weighted by Crippen LogP contribution is 2.13. The summed E-state index contributed by atoms with van der Waals surface area (Å²) in [5, 5.41) is 8.56. The first-order valence-electron chi connectivity index (χ1n) is 6.53. The van der Waals surface area contributed by atoms with Gasteiger partial charge in [0.1, 0.15) is 0 Å². The Balaban J connectivity index is 2.06. The van der Waals surface area contributed by atoms with Crippen molar-refractivity contribution in [1.82, 2.24) is 0 Å². The van der Waals surface area contributed by atoms with Crippen molar-refractivity contribution in [3.8, 4) is 0 Å². The molecule has 0 fully saturated rings. The minimum Gasteiger partial charge on any atom is -0.478 e. The molecule has 110 valence electrons. The van der Waals surface area contributed by atoms with Crippen LogP contribution in [0.3, 0.4) is 0 Å². The molecule has 0 amide bonds. The monoisotopic (exact) mass is 356 g/mol. The Hall–Kier alpha value is -2.46. The lowest BCUT2D eigenvalue weighted by atomic mass is 10.1. The zero-order valence-electron chi connectivity index (χ0n) is 11.6. The molecular formula is C18H13BrO3. The third-order valence-corrected chi connectivity index (χ3v) is 3.44. The summed E-state index contributed by atoms with van der Waals surface area (Å²) in [4.78, 5) is 22.5. The van der Waals surface area contributed by atoms with Crippen molar-refractivity contribution in [2.45, 2.75) is 0 Å². The molecule has 0 heterocycles. The van der Waals surface area contributed by atoms with Crippen LogP contribution in [0.4, 0.5) is 0 Å². The van der Waals surface area contributed by atoms with Crippen LogP contribution in [0.25, 0.3) is 12.2 Å². The van der Waals surface area contributed by atoms with Gasteiger partial charge >= 0.3 is 5.97 Å². The van der Waals surface area contributed by atoms with Crippen molar-refractivity contribution < 1.29 is 14.7 Å². The van der Waals surface area contributed by atoms with Crippen LogP contribution >= 0.6 is 15.9 Å². The molecule has 22 heavy (non-hydrogen) atoms. The van der Waals surface area contributed by atoms with E-state index in [1.165, 1.54) is 12.2 Å². The van der Waals surface area contributed by atoms with E-state index in [0.29, 0.717) is 5.56 Å². The Kier molecular flexibility index (Phi) is 5.44. The molecule has 0 aromatic heterocycles. The molecule has 0 aliphatic carbocycles. The molecule has 0 saturated heterocycles. The van der Waals surface area contributed by atoms with Gasteiger partial charge in [0, 0.05) is 16.1 Å². The van der Waals surface area contributed by atoms with E-state index in [9.17, 15) is 9.59 Å². The maximum atomic E-state index is 12.1. The van der Waals surface area contributed by atoms with Gasteiger partial charge in [-0.3, -0.25) is 4.79 Å². The lowest BCUT2D eigenvalue weighted by Gasteiger charge is -1.98. The summed E-state index contributed by atoms with van der Waals surface area (Å²) in [6, 6.07) is 14.4. The number of ketones is 1. The molecule has 0 unspecified atom stereocenters. The van der Waals surface area contributed by atoms with Gasteiger partial charge in [0.25, 0.3) is 0 Å². The minimum absolute atomic E-state index is 0.100. The van der Waals surface area contributed by atoms with Gasteiger partial charge in [-0.25, -0.2) is 4.79 Å². The van der Waals surface area contributed by atoms with Crippen LogP contribution in [0.1, 0.15) is 21.5 Å². The maximum Gasteiger partial charge on any atom is 0.328 e. The van der Waals surface area contributed by atoms with Crippen LogP contribution in [-0.4, -0.2) is 16.9 Å². The largest absolute Gasteiger partial charge is 0.478 e. The second-order valence-electron chi connectivity index (χ2n) is 4.54. The van der Waals surface area contributed by atoms with Crippen LogP contribution in [0.5, 0.6) is 0 Å². The SMILES string of the molecule is O=C(O)C=Cc1ccc(C(=O)C=Cc2ccc(Br)cc2)cc1. The summed E-state index contributed by atoms with van der Waals surface area (Å²) in [5.41, 5.74) is 2.23.